The zero-order chi connectivity index (χ0) is 20.0. The monoisotopic (exact) mass is 389 g/mol. The van der Waals surface area contributed by atoms with Crippen molar-refractivity contribution in [1.82, 2.24) is 19.8 Å². The van der Waals surface area contributed by atoms with Gasteiger partial charge >= 0.3 is 0 Å². The lowest BCUT2D eigenvalue weighted by atomic mass is 10.0. The molecule has 1 saturated heterocycles. The fourth-order valence-corrected chi connectivity index (χ4v) is 3.88. The molecular formula is C22H23N5O2. The average Bonchev–Trinajstić information content (AvgIpc) is 3.34. The highest BCUT2D eigenvalue weighted by atomic mass is 16.2. The van der Waals surface area contributed by atoms with E-state index in [0.717, 1.165) is 35.0 Å². The Balaban J connectivity index is 1.25. The summed E-state index contributed by atoms with van der Waals surface area (Å²) in [6.07, 6.45) is 3.22. The van der Waals surface area contributed by atoms with Gasteiger partial charge in [-0.2, -0.15) is 0 Å². The fraction of sp³-hybridized carbons (Fsp3) is 0.318. The van der Waals surface area contributed by atoms with Gasteiger partial charge in [-0.05, 0) is 48.2 Å². The van der Waals surface area contributed by atoms with Crippen molar-refractivity contribution in [3.63, 3.8) is 0 Å². The minimum Gasteiger partial charge on any atom is -0.345 e. The summed E-state index contributed by atoms with van der Waals surface area (Å²) in [5, 5.41) is 0. The van der Waals surface area contributed by atoms with E-state index in [1.807, 2.05) is 41.3 Å². The first-order valence-corrected chi connectivity index (χ1v) is 9.95. The lowest BCUT2D eigenvalue weighted by Crippen LogP contribution is -2.55. The van der Waals surface area contributed by atoms with Crippen LogP contribution >= 0.6 is 0 Å². The van der Waals surface area contributed by atoms with Gasteiger partial charge in [0.05, 0.1) is 22.9 Å². The number of hydrogen-bond donors (Lipinski definition) is 2. The molecule has 2 aliphatic rings. The number of H-pyrrole nitrogens is 1. The summed E-state index contributed by atoms with van der Waals surface area (Å²) >= 11 is 0. The van der Waals surface area contributed by atoms with Crippen molar-refractivity contribution in [3.8, 4) is 11.1 Å². The first kappa shape index (κ1) is 17.9. The largest absolute Gasteiger partial charge is 0.345 e. The third-order valence-corrected chi connectivity index (χ3v) is 5.95. The van der Waals surface area contributed by atoms with Gasteiger partial charge < -0.3 is 20.5 Å². The van der Waals surface area contributed by atoms with Crippen molar-refractivity contribution in [2.45, 2.75) is 18.4 Å². The second-order valence-electron chi connectivity index (χ2n) is 7.95. The number of piperazine rings is 1. The van der Waals surface area contributed by atoms with Crippen molar-refractivity contribution in [2.24, 2.45) is 5.73 Å². The van der Waals surface area contributed by atoms with Gasteiger partial charge in [-0.1, -0.05) is 18.2 Å². The quantitative estimate of drug-likeness (QED) is 0.716. The summed E-state index contributed by atoms with van der Waals surface area (Å²) in [4.78, 5) is 36.2. The number of aromatic amines is 1. The molecule has 0 bridgehead atoms. The number of imidazole rings is 1. The highest BCUT2D eigenvalue weighted by Crippen LogP contribution is 2.34. The van der Waals surface area contributed by atoms with Gasteiger partial charge in [0.1, 0.15) is 0 Å². The van der Waals surface area contributed by atoms with Crippen molar-refractivity contribution >= 4 is 22.8 Å². The molecule has 2 fully saturated rings. The van der Waals surface area contributed by atoms with E-state index in [1.165, 1.54) is 0 Å². The number of benzene rings is 2. The van der Waals surface area contributed by atoms with Gasteiger partial charge in [-0.15, -0.1) is 0 Å². The first-order valence-electron chi connectivity index (χ1n) is 9.95. The van der Waals surface area contributed by atoms with Crippen LogP contribution in [0, 0.1) is 0 Å². The predicted molar refractivity (Wildman–Crippen MR) is 110 cm³/mol. The number of fused-ring (bicyclic) bond motifs is 1. The third-order valence-electron chi connectivity index (χ3n) is 5.95. The summed E-state index contributed by atoms with van der Waals surface area (Å²) < 4.78 is 0. The minimum atomic E-state index is -0.638. The summed E-state index contributed by atoms with van der Waals surface area (Å²) in [6, 6.07) is 13.7. The molecule has 1 aliphatic heterocycles. The van der Waals surface area contributed by atoms with E-state index in [1.54, 1.807) is 11.2 Å². The Hall–Kier alpha value is -3.19. The number of nitrogens with two attached hydrogens (primary N) is 1. The number of nitrogens with one attached hydrogen (secondary N) is 1. The molecule has 3 N–H and O–H groups in total. The maximum atomic E-state index is 12.9. The standard InChI is InChI=1S/C22H23N5O2/c23-22(7-8-22)21(29)27-11-9-26(10-12-27)20(28)16-3-1-15(2-4-16)17-5-6-18-19(13-17)25-14-24-18/h1-6,13-14H,7-12,23H2,(H,24,25). The molecule has 2 heterocycles. The molecule has 0 atom stereocenters. The average molecular weight is 389 g/mol. The molecule has 0 spiro atoms. The Morgan fingerprint density at radius 1 is 0.931 bits per heavy atom. The van der Waals surface area contributed by atoms with Crippen LogP contribution in [0.25, 0.3) is 22.2 Å². The molecule has 0 unspecified atom stereocenters. The molecule has 1 saturated carbocycles. The highest BCUT2D eigenvalue weighted by Gasteiger charge is 2.48. The van der Waals surface area contributed by atoms with Crippen LogP contribution in [0.2, 0.25) is 0 Å². The molecule has 1 aromatic heterocycles. The predicted octanol–water partition coefficient (Wildman–Crippen LogP) is 2.01. The van der Waals surface area contributed by atoms with Gasteiger partial charge in [0.25, 0.3) is 5.91 Å². The van der Waals surface area contributed by atoms with Crippen LogP contribution in [0.15, 0.2) is 48.8 Å². The molecule has 3 aromatic rings. The smallest absolute Gasteiger partial charge is 0.253 e. The first-order chi connectivity index (χ1) is 14.0. The lowest BCUT2D eigenvalue weighted by molar-refractivity contribution is -0.135. The van der Waals surface area contributed by atoms with E-state index >= 15 is 0 Å². The zero-order valence-corrected chi connectivity index (χ0v) is 16.1. The summed E-state index contributed by atoms with van der Waals surface area (Å²) in [5.74, 6) is 0.0322. The van der Waals surface area contributed by atoms with Gasteiger partial charge in [0.15, 0.2) is 0 Å². The van der Waals surface area contributed by atoms with Gasteiger partial charge in [0.2, 0.25) is 5.91 Å². The molecule has 29 heavy (non-hydrogen) atoms. The number of rotatable bonds is 3. The SMILES string of the molecule is NC1(C(=O)N2CCN(C(=O)c3ccc(-c4ccc5nc[nH]c5c4)cc3)CC2)CC1. The maximum absolute atomic E-state index is 12.9. The number of aromatic nitrogens is 2. The molecular weight excluding hydrogens is 366 g/mol. The number of amides is 2. The number of hydrogen-bond acceptors (Lipinski definition) is 4. The zero-order valence-electron chi connectivity index (χ0n) is 16.1. The lowest BCUT2D eigenvalue weighted by Gasteiger charge is -2.36. The molecule has 0 radical (unpaired) electrons. The van der Waals surface area contributed by atoms with Gasteiger partial charge in [0, 0.05) is 31.7 Å². The van der Waals surface area contributed by atoms with Crippen molar-refractivity contribution in [2.75, 3.05) is 26.2 Å². The van der Waals surface area contributed by atoms with E-state index in [2.05, 4.69) is 16.0 Å². The van der Waals surface area contributed by atoms with E-state index < -0.39 is 5.54 Å². The molecule has 2 aromatic carbocycles. The van der Waals surface area contributed by atoms with Crippen LogP contribution in [0.5, 0.6) is 0 Å². The second kappa shape index (κ2) is 6.70. The Bertz CT molecular complexity index is 1080. The van der Waals surface area contributed by atoms with Crippen molar-refractivity contribution in [1.29, 1.82) is 0 Å². The van der Waals surface area contributed by atoms with Gasteiger partial charge in [-0.25, -0.2) is 4.98 Å². The molecule has 1 aliphatic carbocycles. The van der Waals surface area contributed by atoms with Crippen molar-refractivity contribution in [3.05, 3.63) is 54.4 Å². The fourth-order valence-electron chi connectivity index (χ4n) is 3.88. The highest BCUT2D eigenvalue weighted by molar-refractivity contribution is 5.95. The van der Waals surface area contributed by atoms with E-state index in [9.17, 15) is 9.59 Å². The van der Waals surface area contributed by atoms with E-state index in [0.29, 0.717) is 31.7 Å². The van der Waals surface area contributed by atoms with Crippen LogP contribution in [0.4, 0.5) is 0 Å². The number of carbonyl (C=O) groups is 2. The molecule has 7 heteroatoms. The molecule has 2 amide bonds. The Morgan fingerprint density at radius 2 is 1.59 bits per heavy atom. The van der Waals surface area contributed by atoms with Crippen LogP contribution in [-0.2, 0) is 4.79 Å². The van der Waals surface area contributed by atoms with Crippen LogP contribution < -0.4 is 5.73 Å². The molecule has 5 rings (SSSR count). The van der Waals surface area contributed by atoms with Crippen molar-refractivity contribution < 1.29 is 9.59 Å². The van der Waals surface area contributed by atoms with Crippen LogP contribution in [-0.4, -0.2) is 63.3 Å². The molecule has 148 valence electrons. The molecule has 7 nitrogen and oxygen atoms in total. The minimum absolute atomic E-state index is 0.00144. The summed E-state index contributed by atoms with van der Waals surface area (Å²) in [6.45, 7) is 2.18. The van der Waals surface area contributed by atoms with E-state index in [-0.39, 0.29) is 11.8 Å². The van der Waals surface area contributed by atoms with Crippen LogP contribution in [0.1, 0.15) is 23.2 Å². The Labute approximate surface area is 168 Å². The van der Waals surface area contributed by atoms with E-state index in [4.69, 9.17) is 5.73 Å². The van der Waals surface area contributed by atoms with Gasteiger partial charge in [-0.3, -0.25) is 9.59 Å². The Kier molecular flexibility index (Phi) is 4.13. The number of carbonyl (C=O) groups excluding carboxylic acids is 2. The number of nitrogens with zero attached hydrogens (tertiary/aromatic N) is 3. The topological polar surface area (TPSA) is 95.3 Å². The maximum Gasteiger partial charge on any atom is 0.253 e. The van der Waals surface area contributed by atoms with Crippen LogP contribution in [0.3, 0.4) is 0 Å². The Morgan fingerprint density at radius 3 is 2.28 bits per heavy atom. The third kappa shape index (κ3) is 3.27. The summed E-state index contributed by atoms with van der Waals surface area (Å²) in [5.41, 5.74) is 10.1. The summed E-state index contributed by atoms with van der Waals surface area (Å²) in [7, 11) is 0. The normalized spacial score (nSPS) is 18.1. The second-order valence-corrected chi connectivity index (χ2v) is 7.95.